The summed E-state index contributed by atoms with van der Waals surface area (Å²) in [4.78, 5) is 12.0. The number of morpholine rings is 1. The first-order valence-corrected chi connectivity index (χ1v) is 7.08. The minimum Gasteiger partial charge on any atom is -0.493 e. The summed E-state index contributed by atoms with van der Waals surface area (Å²) >= 11 is 0. The van der Waals surface area contributed by atoms with Gasteiger partial charge < -0.3 is 29.6 Å². The van der Waals surface area contributed by atoms with Gasteiger partial charge in [0.05, 0.1) is 27.9 Å². The van der Waals surface area contributed by atoms with Gasteiger partial charge >= 0.3 is 0 Å². The van der Waals surface area contributed by atoms with E-state index in [1.165, 1.54) is 0 Å². The molecule has 0 saturated carbocycles. The maximum Gasteiger partial charge on any atom is 0.250 e. The highest BCUT2D eigenvalue weighted by molar-refractivity contribution is 5.81. The maximum absolute atomic E-state index is 12.0. The number of hydrogen-bond donors (Lipinski definition) is 2. The molecule has 0 aromatic heterocycles. The summed E-state index contributed by atoms with van der Waals surface area (Å²) in [7, 11) is 4.66. The van der Waals surface area contributed by atoms with Gasteiger partial charge in [-0.3, -0.25) is 4.79 Å². The second kappa shape index (κ2) is 7.86. The molecule has 22 heavy (non-hydrogen) atoms. The second-order valence-corrected chi connectivity index (χ2v) is 4.81. The van der Waals surface area contributed by atoms with Crippen LogP contribution in [0, 0.1) is 0 Å². The lowest BCUT2D eigenvalue weighted by molar-refractivity contribution is -0.134. The summed E-state index contributed by atoms with van der Waals surface area (Å²) in [5.74, 6) is 1.50. The van der Waals surface area contributed by atoms with Gasteiger partial charge in [0, 0.05) is 19.6 Å². The Hall–Kier alpha value is -1.99. The lowest BCUT2D eigenvalue weighted by Gasteiger charge is -2.22. The molecule has 1 aromatic carbocycles. The molecule has 1 aliphatic rings. The number of carbonyl (C=O) groups excluding carboxylic acids is 1. The number of benzene rings is 1. The first-order valence-electron chi connectivity index (χ1n) is 7.08. The van der Waals surface area contributed by atoms with Gasteiger partial charge in [-0.25, -0.2) is 0 Å². The van der Waals surface area contributed by atoms with Gasteiger partial charge in [-0.05, 0) is 17.7 Å². The molecule has 1 atom stereocenters. The molecule has 1 fully saturated rings. The molecule has 122 valence electrons. The summed E-state index contributed by atoms with van der Waals surface area (Å²) in [5.41, 5.74) is 0.853. The Labute approximate surface area is 129 Å². The standard InChI is InChI=1S/C15H22N2O5/c1-19-11-6-10(7-12(20-2)14(11)21-3)8-17-15(18)13-9-16-4-5-22-13/h6-7,13,16H,4-5,8-9H2,1-3H3,(H,17,18)/t13-/m0/s1. The highest BCUT2D eigenvalue weighted by atomic mass is 16.5. The third-order valence-corrected chi connectivity index (χ3v) is 3.41. The topological polar surface area (TPSA) is 78.1 Å². The van der Waals surface area contributed by atoms with Crippen molar-refractivity contribution >= 4 is 5.91 Å². The van der Waals surface area contributed by atoms with Crippen molar-refractivity contribution in [3.05, 3.63) is 17.7 Å². The summed E-state index contributed by atoms with van der Waals surface area (Å²) in [6.07, 6.45) is -0.448. The lowest BCUT2D eigenvalue weighted by Crippen LogP contribution is -2.47. The van der Waals surface area contributed by atoms with Crippen LogP contribution in [-0.2, 0) is 16.1 Å². The molecule has 0 unspecified atom stereocenters. The Balaban J connectivity index is 2.04. The van der Waals surface area contributed by atoms with Gasteiger partial charge in [0.15, 0.2) is 11.5 Å². The van der Waals surface area contributed by atoms with Gasteiger partial charge in [0.25, 0.3) is 5.91 Å². The number of rotatable bonds is 6. The highest BCUT2D eigenvalue weighted by Gasteiger charge is 2.21. The molecule has 1 aromatic rings. The molecule has 0 spiro atoms. The van der Waals surface area contributed by atoms with Crippen molar-refractivity contribution in [3.8, 4) is 17.2 Å². The van der Waals surface area contributed by atoms with Crippen molar-refractivity contribution < 1.29 is 23.7 Å². The van der Waals surface area contributed by atoms with Crippen LogP contribution in [0.15, 0.2) is 12.1 Å². The lowest BCUT2D eigenvalue weighted by atomic mass is 10.1. The van der Waals surface area contributed by atoms with Crippen molar-refractivity contribution in [1.82, 2.24) is 10.6 Å². The van der Waals surface area contributed by atoms with Crippen molar-refractivity contribution in [3.63, 3.8) is 0 Å². The molecule has 1 amide bonds. The number of nitrogens with one attached hydrogen (secondary N) is 2. The smallest absolute Gasteiger partial charge is 0.250 e. The van der Waals surface area contributed by atoms with E-state index in [9.17, 15) is 4.79 Å². The molecule has 0 radical (unpaired) electrons. The number of amides is 1. The Kier molecular flexibility index (Phi) is 5.85. The number of ether oxygens (including phenoxy) is 4. The van der Waals surface area contributed by atoms with Crippen LogP contribution in [0.1, 0.15) is 5.56 Å². The van der Waals surface area contributed by atoms with Crippen molar-refractivity contribution in [2.75, 3.05) is 41.0 Å². The molecule has 0 bridgehead atoms. The zero-order chi connectivity index (χ0) is 15.9. The number of methoxy groups -OCH3 is 3. The van der Waals surface area contributed by atoms with Crippen molar-refractivity contribution in [2.45, 2.75) is 12.6 Å². The predicted octanol–water partition coefficient (Wildman–Crippen LogP) is 0.317. The Morgan fingerprint density at radius 3 is 2.45 bits per heavy atom. The molecule has 1 heterocycles. The highest BCUT2D eigenvalue weighted by Crippen LogP contribution is 2.38. The fourth-order valence-electron chi connectivity index (χ4n) is 2.27. The average molecular weight is 310 g/mol. The number of carbonyl (C=O) groups is 1. The van der Waals surface area contributed by atoms with Gasteiger partial charge in [0.1, 0.15) is 6.10 Å². The first-order chi connectivity index (χ1) is 10.7. The van der Waals surface area contributed by atoms with Gasteiger partial charge in [0.2, 0.25) is 5.75 Å². The average Bonchev–Trinajstić information content (AvgIpc) is 2.59. The van der Waals surface area contributed by atoms with E-state index < -0.39 is 6.10 Å². The van der Waals surface area contributed by atoms with Crippen molar-refractivity contribution in [1.29, 1.82) is 0 Å². The third-order valence-electron chi connectivity index (χ3n) is 3.41. The zero-order valence-electron chi connectivity index (χ0n) is 13.1. The first kappa shape index (κ1) is 16.4. The van der Waals surface area contributed by atoms with E-state index in [0.29, 0.717) is 36.9 Å². The number of hydrogen-bond acceptors (Lipinski definition) is 6. The molecule has 1 aliphatic heterocycles. The molecule has 0 aliphatic carbocycles. The van der Waals surface area contributed by atoms with Gasteiger partial charge in [-0.2, -0.15) is 0 Å². The predicted molar refractivity (Wildman–Crippen MR) is 80.6 cm³/mol. The Bertz CT molecular complexity index is 490. The summed E-state index contributed by atoms with van der Waals surface area (Å²) in [5, 5.41) is 5.98. The fourth-order valence-corrected chi connectivity index (χ4v) is 2.27. The van der Waals surface area contributed by atoms with E-state index >= 15 is 0 Å². The summed E-state index contributed by atoms with van der Waals surface area (Å²) < 4.78 is 21.3. The maximum atomic E-state index is 12.0. The van der Waals surface area contributed by atoms with E-state index in [0.717, 1.165) is 12.1 Å². The quantitative estimate of drug-likeness (QED) is 0.788. The van der Waals surface area contributed by atoms with Crippen LogP contribution >= 0.6 is 0 Å². The monoisotopic (exact) mass is 310 g/mol. The van der Waals surface area contributed by atoms with Gasteiger partial charge in [-0.1, -0.05) is 0 Å². The van der Waals surface area contributed by atoms with E-state index in [1.54, 1.807) is 21.3 Å². The van der Waals surface area contributed by atoms with Crippen LogP contribution in [0.2, 0.25) is 0 Å². The molecule has 2 rings (SSSR count). The largest absolute Gasteiger partial charge is 0.493 e. The molecular weight excluding hydrogens is 288 g/mol. The van der Waals surface area contributed by atoms with Gasteiger partial charge in [-0.15, -0.1) is 0 Å². The molecule has 7 nitrogen and oxygen atoms in total. The van der Waals surface area contributed by atoms with Crippen LogP contribution in [0.4, 0.5) is 0 Å². The molecule has 2 N–H and O–H groups in total. The van der Waals surface area contributed by atoms with E-state index in [-0.39, 0.29) is 5.91 Å². The fraction of sp³-hybridized carbons (Fsp3) is 0.533. The molecule has 7 heteroatoms. The van der Waals surface area contributed by atoms with Crippen LogP contribution in [-0.4, -0.2) is 53.0 Å². The van der Waals surface area contributed by atoms with E-state index in [4.69, 9.17) is 18.9 Å². The Morgan fingerprint density at radius 2 is 1.95 bits per heavy atom. The zero-order valence-corrected chi connectivity index (χ0v) is 13.1. The van der Waals surface area contributed by atoms with E-state index in [1.807, 2.05) is 12.1 Å². The summed E-state index contributed by atoms with van der Waals surface area (Å²) in [6, 6.07) is 3.61. The normalized spacial score (nSPS) is 17.7. The Morgan fingerprint density at radius 1 is 1.27 bits per heavy atom. The van der Waals surface area contributed by atoms with Crippen LogP contribution < -0.4 is 24.8 Å². The minimum absolute atomic E-state index is 0.138. The summed E-state index contributed by atoms with van der Waals surface area (Å²) in [6.45, 7) is 2.20. The van der Waals surface area contributed by atoms with E-state index in [2.05, 4.69) is 10.6 Å². The third kappa shape index (κ3) is 3.80. The molecular formula is C15H22N2O5. The van der Waals surface area contributed by atoms with Crippen LogP contribution in [0.3, 0.4) is 0 Å². The van der Waals surface area contributed by atoms with Crippen molar-refractivity contribution in [2.24, 2.45) is 0 Å². The second-order valence-electron chi connectivity index (χ2n) is 4.81. The van der Waals surface area contributed by atoms with Crippen LogP contribution in [0.25, 0.3) is 0 Å². The minimum atomic E-state index is -0.448. The van der Waals surface area contributed by atoms with Crippen LogP contribution in [0.5, 0.6) is 17.2 Å². The molecule has 1 saturated heterocycles. The SMILES string of the molecule is COc1cc(CNC(=O)[C@@H]2CNCCO2)cc(OC)c1OC.